The van der Waals surface area contributed by atoms with Gasteiger partial charge in [-0.15, -0.1) is 0 Å². The minimum atomic E-state index is -1.03. The molecular formula is C20H22N4O5. The summed E-state index contributed by atoms with van der Waals surface area (Å²) >= 11 is 0. The van der Waals surface area contributed by atoms with Crippen molar-refractivity contribution in [2.45, 2.75) is 31.8 Å². The number of hydrogen-bond donors (Lipinski definition) is 3. The van der Waals surface area contributed by atoms with Crippen molar-refractivity contribution in [1.82, 2.24) is 10.6 Å². The van der Waals surface area contributed by atoms with Crippen LogP contribution in [-0.4, -0.2) is 34.7 Å². The van der Waals surface area contributed by atoms with E-state index in [9.17, 15) is 24.5 Å². The molecule has 29 heavy (non-hydrogen) atoms. The summed E-state index contributed by atoms with van der Waals surface area (Å²) < 4.78 is 0. The van der Waals surface area contributed by atoms with Crippen molar-refractivity contribution in [3.8, 4) is 0 Å². The predicted molar refractivity (Wildman–Crippen MR) is 106 cm³/mol. The van der Waals surface area contributed by atoms with Gasteiger partial charge in [0.25, 0.3) is 5.69 Å². The molecular weight excluding hydrogens is 376 g/mol. The van der Waals surface area contributed by atoms with E-state index in [0.29, 0.717) is 5.56 Å². The number of hydrogen-bond acceptors (Lipinski definition) is 5. The average molecular weight is 398 g/mol. The summed E-state index contributed by atoms with van der Waals surface area (Å²) in [4.78, 5) is 46.3. The van der Waals surface area contributed by atoms with Gasteiger partial charge in [-0.25, -0.2) is 0 Å². The van der Waals surface area contributed by atoms with Crippen molar-refractivity contribution in [3.05, 3.63) is 75.8 Å². The maximum atomic E-state index is 12.7. The van der Waals surface area contributed by atoms with Gasteiger partial charge in [0.1, 0.15) is 12.1 Å². The second kappa shape index (κ2) is 9.98. The van der Waals surface area contributed by atoms with E-state index in [1.54, 1.807) is 0 Å². The van der Waals surface area contributed by atoms with Crippen LogP contribution in [0.1, 0.15) is 18.1 Å². The van der Waals surface area contributed by atoms with E-state index in [4.69, 9.17) is 5.73 Å². The molecule has 2 rings (SSSR count). The SMILES string of the molecule is CC(=O)N[C@H](Cc1ccccc1)C(=O)N[C@@H](Cc1ccc([N+](=O)[O-])cc1)C(N)=O. The molecule has 0 fully saturated rings. The largest absolute Gasteiger partial charge is 0.368 e. The number of nitro groups is 1. The number of rotatable bonds is 9. The molecule has 0 bridgehead atoms. The molecule has 2 aromatic rings. The second-order valence-electron chi connectivity index (χ2n) is 6.53. The molecule has 2 atom stereocenters. The van der Waals surface area contributed by atoms with Gasteiger partial charge in [0.2, 0.25) is 17.7 Å². The maximum Gasteiger partial charge on any atom is 0.269 e. The quantitative estimate of drug-likeness (QED) is 0.424. The summed E-state index contributed by atoms with van der Waals surface area (Å²) in [5.41, 5.74) is 6.77. The molecule has 9 nitrogen and oxygen atoms in total. The van der Waals surface area contributed by atoms with Crippen LogP contribution in [0, 0.1) is 10.1 Å². The van der Waals surface area contributed by atoms with Gasteiger partial charge in [0.05, 0.1) is 4.92 Å². The van der Waals surface area contributed by atoms with E-state index in [1.165, 1.54) is 31.2 Å². The Morgan fingerprint density at radius 2 is 1.48 bits per heavy atom. The van der Waals surface area contributed by atoms with Crippen LogP contribution >= 0.6 is 0 Å². The van der Waals surface area contributed by atoms with Crippen LogP contribution in [0.2, 0.25) is 0 Å². The number of benzene rings is 2. The zero-order chi connectivity index (χ0) is 21.4. The van der Waals surface area contributed by atoms with Crippen LogP contribution in [0.5, 0.6) is 0 Å². The van der Waals surface area contributed by atoms with Gasteiger partial charge >= 0.3 is 0 Å². The van der Waals surface area contributed by atoms with Crippen LogP contribution in [-0.2, 0) is 27.2 Å². The number of nitrogens with zero attached hydrogens (tertiary/aromatic N) is 1. The van der Waals surface area contributed by atoms with Gasteiger partial charge in [-0.2, -0.15) is 0 Å². The minimum absolute atomic E-state index is 0.0667. The first-order valence-corrected chi connectivity index (χ1v) is 8.90. The summed E-state index contributed by atoms with van der Waals surface area (Å²) in [6.45, 7) is 1.30. The van der Waals surface area contributed by atoms with Crippen molar-refractivity contribution >= 4 is 23.4 Å². The summed E-state index contributed by atoms with van der Waals surface area (Å²) in [7, 11) is 0. The highest BCUT2D eigenvalue weighted by atomic mass is 16.6. The van der Waals surface area contributed by atoms with Crippen molar-refractivity contribution in [3.63, 3.8) is 0 Å². The van der Waals surface area contributed by atoms with E-state index < -0.39 is 28.8 Å². The molecule has 0 aliphatic rings. The second-order valence-corrected chi connectivity index (χ2v) is 6.53. The van der Waals surface area contributed by atoms with Gasteiger partial charge in [-0.1, -0.05) is 42.5 Å². The molecule has 3 amide bonds. The molecule has 2 aromatic carbocycles. The fourth-order valence-corrected chi connectivity index (χ4v) is 2.79. The standard InChI is InChI=1S/C20H22N4O5/c1-13(25)22-18(12-14-5-3-2-4-6-14)20(27)23-17(19(21)26)11-15-7-9-16(10-8-15)24(28)29/h2-10,17-18H,11-12H2,1H3,(H2,21,26)(H,22,25)(H,23,27)/t17-,18+/m0/s1. The monoisotopic (exact) mass is 398 g/mol. The molecule has 0 unspecified atom stereocenters. The first-order valence-electron chi connectivity index (χ1n) is 8.90. The number of nitro benzene ring substituents is 1. The van der Waals surface area contributed by atoms with Gasteiger partial charge in [-0.05, 0) is 11.1 Å². The lowest BCUT2D eigenvalue weighted by molar-refractivity contribution is -0.384. The predicted octanol–water partition coefficient (Wildman–Crippen LogP) is 0.855. The number of nitrogens with two attached hydrogens (primary N) is 1. The third kappa shape index (κ3) is 6.73. The normalized spacial score (nSPS) is 12.4. The lowest BCUT2D eigenvalue weighted by Crippen LogP contribution is -2.54. The maximum absolute atomic E-state index is 12.7. The van der Waals surface area contributed by atoms with E-state index in [2.05, 4.69) is 10.6 Å². The molecule has 0 heterocycles. The van der Waals surface area contributed by atoms with E-state index in [1.807, 2.05) is 30.3 Å². The summed E-state index contributed by atoms with van der Waals surface area (Å²) in [6, 6.07) is 12.8. The van der Waals surface area contributed by atoms with Crippen molar-refractivity contribution in [2.24, 2.45) is 5.73 Å². The third-order valence-electron chi connectivity index (χ3n) is 4.22. The van der Waals surface area contributed by atoms with E-state index >= 15 is 0 Å². The summed E-state index contributed by atoms with van der Waals surface area (Å²) in [6.07, 6.45) is 0.312. The Morgan fingerprint density at radius 3 is 2.00 bits per heavy atom. The Labute approximate surface area is 167 Å². The Balaban J connectivity index is 2.11. The van der Waals surface area contributed by atoms with Crippen LogP contribution < -0.4 is 16.4 Å². The molecule has 0 aromatic heterocycles. The number of nitrogens with one attached hydrogen (secondary N) is 2. The molecule has 9 heteroatoms. The summed E-state index contributed by atoms with van der Waals surface area (Å²) in [5.74, 6) is -1.68. The van der Waals surface area contributed by atoms with Crippen molar-refractivity contribution in [1.29, 1.82) is 0 Å². The molecule has 0 radical (unpaired) electrons. The van der Waals surface area contributed by atoms with Gasteiger partial charge in [0, 0.05) is 31.9 Å². The number of carbonyl (C=O) groups is 3. The zero-order valence-corrected chi connectivity index (χ0v) is 15.8. The van der Waals surface area contributed by atoms with Gasteiger partial charge < -0.3 is 16.4 Å². The molecule has 0 saturated heterocycles. The average Bonchev–Trinajstić information content (AvgIpc) is 2.67. The number of carbonyl (C=O) groups excluding carboxylic acids is 3. The highest BCUT2D eigenvalue weighted by Crippen LogP contribution is 2.13. The fourth-order valence-electron chi connectivity index (χ4n) is 2.79. The first-order chi connectivity index (χ1) is 13.8. The van der Waals surface area contributed by atoms with Crippen molar-refractivity contribution in [2.75, 3.05) is 0 Å². The fraction of sp³-hybridized carbons (Fsp3) is 0.250. The van der Waals surface area contributed by atoms with Crippen molar-refractivity contribution < 1.29 is 19.3 Å². The van der Waals surface area contributed by atoms with Gasteiger partial charge in [-0.3, -0.25) is 24.5 Å². The van der Waals surface area contributed by atoms with Crippen LogP contribution in [0.25, 0.3) is 0 Å². The van der Waals surface area contributed by atoms with Crippen LogP contribution in [0.3, 0.4) is 0 Å². The lowest BCUT2D eigenvalue weighted by Gasteiger charge is -2.21. The first kappa shape index (κ1) is 21.5. The minimum Gasteiger partial charge on any atom is -0.368 e. The number of primary amides is 1. The highest BCUT2D eigenvalue weighted by molar-refractivity contribution is 5.91. The molecule has 0 saturated carbocycles. The molecule has 4 N–H and O–H groups in total. The lowest BCUT2D eigenvalue weighted by atomic mass is 10.0. The Hall–Kier alpha value is -3.75. The van der Waals surface area contributed by atoms with Crippen LogP contribution in [0.4, 0.5) is 5.69 Å². The zero-order valence-electron chi connectivity index (χ0n) is 15.8. The molecule has 0 aliphatic carbocycles. The topological polar surface area (TPSA) is 144 Å². The number of non-ortho nitro benzene ring substituents is 1. The van der Waals surface area contributed by atoms with E-state index in [-0.39, 0.29) is 24.4 Å². The molecule has 0 aliphatic heterocycles. The molecule has 0 spiro atoms. The highest BCUT2D eigenvalue weighted by Gasteiger charge is 2.25. The Bertz CT molecular complexity index is 884. The Kier molecular flexibility index (Phi) is 7.41. The summed E-state index contributed by atoms with van der Waals surface area (Å²) in [5, 5.41) is 15.9. The number of amides is 3. The molecule has 152 valence electrons. The van der Waals surface area contributed by atoms with Gasteiger partial charge in [0.15, 0.2) is 0 Å². The third-order valence-corrected chi connectivity index (χ3v) is 4.22. The van der Waals surface area contributed by atoms with E-state index in [0.717, 1.165) is 5.56 Å². The van der Waals surface area contributed by atoms with Crippen LogP contribution in [0.15, 0.2) is 54.6 Å². The Morgan fingerprint density at radius 1 is 0.931 bits per heavy atom. The smallest absolute Gasteiger partial charge is 0.269 e.